The molecule has 1 aromatic heterocycles. The standard InChI is InChI=1S/C25H31N3O2S/c1-6-19(23(30)26-16-15-25(3,4)5)28-20-9-7-8-10-21(20)31-24(28)27-22(29)18-13-11-17(2)12-14-18/h7-14,19H,6,15-16H2,1-5H3,(H,26,30). The molecule has 0 saturated carbocycles. The highest BCUT2D eigenvalue weighted by Crippen LogP contribution is 2.23. The Balaban J connectivity index is 2.00. The number of benzene rings is 2. The van der Waals surface area contributed by atoms with Crippen molar-refractivity contribution in [3.8, 4) is 0 Å². The fourth-order valence-corrected chi connectivity index (χ4v) is 4.45. The van der Waals surface area contributed by atoms with Gasteiger partial charge in [0.05, 0.1) is 10.2 Å². The summed E-state index contributed by atoms with van der Waals surface area (Å²) in [5.41, 5.74) is 2.70. The summed E-state index contributed by atoms with van der Waals surface area (Å²) in [4.78, 5) is 30.9. The minimum atomic E-state index is -0.430. The smallest absolute Gasteiger partial charge is 0.279 e. The van der Waals surface area contributed by atoms with Crippen LogP contribution in [0.4, 0.5) is 0 Å². The van der Waals surface area contributed by atoms with Gasteiger partial charge in [-0.3, -0.25) is 9.59 Å². The highest BCUT2D eigenvalue weighted by atomic mass is 32.1. The Labute approximate surface area is 187 Å². The number of nitrogens with zero attached hydrogens (tertiary/aromatic N) is 2. The number of carbonyl (C=O) groups is 2. The molecular weight excluding hydrogens is 406 g/mol. The Morgan fingerprint density at radius 1 is 1.10 bits per heavy atom. The molecule has 3 aromatic rings. The Bertz CT molecular complexity index is 1130. The second-order valence-electron chi connectivity index (χ2n) is 9.03. The third-order valence-electron chi connectivity index (χ3n) is 5.20. The number of hydrogen-bond acceptors (Lipinski definition) is 3. The van der Waals surface area contributed by atoms with Gasteiger partial charge in [0, 0.05) is 12.1 Å². The molecule has 0 radical (unpaired) electrons. The molecule has 31 heavy (non-hydrogen) atoms. The van der Waals surface area contributed by atoms with Crippen LogP contribution in [-0.4, -0.2) is 22.9 Å². The number of nitrogens with one attached hydrogen (secondary N) is 1. The number of carbonyl (C=O) groups excluding carboxylic acids is 2. The predicted molar refractivity (Wildman–Crippen MR) is 127 cm³/mol. The van der Waals surface area contributed by atoms with Crippen LogP contribution < -0.4 is 10.1 Å². The van der Waals surface area contributed by atoms with Crippen LogP contribution in [0.15, 0.2) is 53.5 Å². The molecule has 0 aliphatic heterocycles. The van der Waals surface area contributed by atoms with Crippen molar-refractivity contribution in [2.24, 2.45) is 10.4 Å². The van der Waals surface area contributed by atoms with Gasteiger partial charge >= 0.3 is 0 Å². The van der Waals surface area contributed by atoms with E-state index in [0.717, 1.165) is 22.2 Å². The summed E-state index contributed by atoms with van der Waals surface area (Å²) in [7, 11) is 0. The number of aromatic nitrogens is 1. The number of aryl methyl sites for hydroxylation is 1. The van der Waals surface area contributed by atoms with Gasteiger partial charge in [0.25, 0.3) is 5.91 Å². The Morgan fingerprint density at radius 2 is 1.77 bits per heavy atom. The van der Waals surface area contributed by atoms with E-state index in [1.165, 1.54) is 11.3 Å². The lowest BCUT2D eigenvalue weighted by atomic mass is 9.92. The van der Waals surface area contributed by atoms with Crippen molar-refractivity contribution in [3.05, 3.63) is 64.5 Å². The van der Waals surface area contributed by atoms with Crippen LogP contribution in [0.25, 0.3) is 10.2 Å². The molecule has 2 aromatic carbocycles. The van der Waals surface area contributed by atoms with Crippen molar-refractivity contribution in [1.29, 1.82) is 0 Å². The van der Waals surface area contributed by atoms with Gasteiger partial charge in [-0.1, -0.05) is 68.9 Å². The lowest BCUT2D eigenvalue weighted by Gasteiger charge is -2.21. The molecule has 1 atom stereocenters. The average Bonchev–Trinajstić information content (AvgIpc) is 3.06. The summed E-state index contributed by atoms with van der Waals surface area (Å²) in [6.45, 7) is 11.1. The first-order valence-electron chi connectivity index (χ1n) is 10.7. The maximum atomic E-state index is 13.1. The normalized spacial score (nSPS) is 13.4. The Hall–Kier alpha value is -2.73. The highest BCUT2D eigenvalue weighted by Gasteiger charge is 2.23. The molecule has 0 spiro atoms. The summed E-state index contributed by atoms with van der Waals surface area (Å²) in [6.07, 6.45) is 1.50. The van der Waals surface area contributed by atoms with Gasteiger partial charge in [0.15, 0.2) is 4.80 Å². The van der Waals surface area contributed by atoms with E-state index in [2.05, 4.69) is 31.1 Å². The molecule has 0 saturated heterocycles. The Kier molecular flexibility index (Phi) is 7.11. The average molecular weight is 438 g/mol. The third-order valence-corrected chi connectivity index (χ3v) is 6.24. The zero-order chi connectivity index (χ0) is 22.6. The van der Waals surface area contributed by atoms with E-state index < -0.39 is 6.04 Å². The van der Waals surface area contributed by atoms with Crippen LogP contribution in [0.2, 0.25) is 0 Å². The molecule has 1 heterocycles. The molecule has 0 bridgehead atoms. The van der Waals surface area contributed by atoms with Gasteiger partial charge in [0.2, 0.25) is 5.91 Å². The van der Waals surface area contributed by atoms with E-state index >= 15 is 0 Å². The maximum absolute atomic E-state index is 13.1. The van der Waals surface area contributed by atoms with Gasteiger partial charge in [0.1, 0.15) is 6.04 Å². The summed E-state index contributed by atoms with van der Waals surface area (Å²) < 4.78 is 2.91. The molecule has 6 heteroatoms. The van der Waals surface area contributed by atoms with E-state index in [0.29, 0.717) is 23.3 Å². The van der Waals surface area contributed by atoms with E-state index in [9.17, 15) is 9.59 Å². The molecule has 3 rings (SSSR count). The maximum Gasteiger partial charge on any atom is 0.279 e. The fraction of sp³-hybridized carbons (Fsp3) is 0.400. The lowest BCUT2D eigenvalue weighted by Crippen LogP contribution is -2.37. The fourth-order valence-electron chi connectivity index (χ4n) is 3.38. The van der Waals surface area contributed by atoms with Gasteiger partial charge < -0.3 is 9.88 Å². The summed E-state index contributed by atoms with van der Waals surface area (Å²) in [5, 5.41) is 3.08. The zero-order valence-electron chi connectivity index (χ0n) is 18.9. The van der Waals surface area contributed by atoms with Crippen LogP contribution in [0.5, 0.6) is 0 Å². The largest absolute Gasteiger partial charge is 0.354 e. The van der Waals surface area contributed by atoms with E-state index in [1.54, 1.807) is 12.1 Å². The molecule has 1 N–H and O–H groups in total. The quantitative estimate of drug-likeness (QED) is 0.572. The Morgan fingerprint density at radius 3 is 2.42 bits per heavy atom. The minimum Gasteiger partial charge on any atom is -0.354 e. The topological polar surface area (TPSA) is 63.5 Å². The molecule has 164 valence electrons. The van der Waals surface area contributed by atoms with Crippen LogP contribution in [0, 0.1) is 12.3 Å². The zero-order valence-corrected chi connectivity index (χ0v) is 19.8. The summed E-state index contributed by atoms with van der Waals surface area (Å²) in [5.74, 6) is -0.345. The first-order chi connectivity index (χ1) is 14.7. The second-order valence-corrected chi connectivity index (χ2v) is 10.0. The number of fused-ring (bicyclic) bond motifs is 1. The minimum absolute atomic E-state index is 0.0421. The van der Waals surface area contributed by atoms with Crippen molar-refractivity contribution in [3.63, 3.8) is 0 Å². The number of amides is 2. The van der Waals surface area contributed by atoms with E-state index in [4.69, 9.17) is 0 Å². The first kappa shape index (κ1) is 22.9. The van der Waals surface area contributed by atoms with Crippen molar-refractivity contribution in [1.82, 2.24) is 9.88 Å². The van der Waals surface area contributed by atoms with Crippen molar-refractivity contribution < 1.29 is 9.59 Å². The number of hydrogen-bond donors (Lipinski definition) is 1. The van der Waals surface area contributed by atoms with E-state index in [-0.39, 0.29) is 17.2 Å². The molecular formula is C25H31N3O2S. The van der Waals surface area contributed by atoms with Crippen LogP contribution >= 0.6 is 11.3 Å². The van der Waals surface area contributed by atoms with Crippen molar-refractivity contribution >= 4 is 33.4 Å². The van der Waals surface area contributed by atoms with Crippen LogP contribution in [-0.2, 0) is 4.79 Å². The molecule has 0 aliphatic carbocycles. The first-order valence-corrected chi connectivity index (χ1v) is 11.5. The van der Waals surface area contributed by atoms with Gasteiger partial charge in [-0.25, -0.2) is 0 Å². The number of rotatable bonds is 6. The molecule has 5 nitrogen and oxygen atoms in total. The number of para-hydroxylation sites is 1. The SMILES string of the molecule is CCC(C(=O)NCCC(C)(C)C)n1c(=NC(=O)c2ccc(C)cc2)sc2ccccc21. The highest BCUT2D eigenvalue weighted by molar-refractivity contribution is 7.16. The lowest BCUT2D eigenvalue weighted by molar-refractivity contribution is -0.124. The second kappa shape index (κ2) is 9.60. The number of thiazole rings is 1. The van der Waals surface area contributed by atoms with Crippen molar-refractivity contribution in [2.45, 2.75) is 53.5 Å². The van der Waals surface area contributed by atoms with Crippen molar-refractivity contribution in [2.75, 3.05) is 6.54 Å². The molecule has 1 unspecified atom stereocenters. The van der Waals surface area contributed by atoms with E-state index in [1.807, 2.05) is 54.8 Å². The summed E-state index contributed by atoms with van der Waals surface area (Å²) >= 11 is 1.43. The van der Waals surface area contributed by atoms with Gasteiger partial charge in [-0.2, -0.15) is 4.99 Å². The predicted octanol–water partition coefficient (Wildman–Crippen LogP) is 5.26. The third kappa shape index (κ3) is 5.70. The van der Waals surface area contributed by atoms with Gasteiger partial charge in [-0.05, 0) is 49.4 Å². The van der Waals surface area contributed by atoms with Crippen LogP contribution in [0.3, 0.4) is 0 Å². The molecule has 0 aliphatic rings. The van der Waals surface area contributed by atoms with Crippen LogP contribution in [0.1, 0.15) is 62.5 Å². The molecule has 2 amide bonds. The summed E-state index contributed by atoms with van der Waals surface area (Å²) in [6, 6.07) is 14.8. The molecule has 0 fully saturated rings. The van der Waals surface area contributed by atoms with Gasteiger partial charge in [-0.15, -0.1) is 0 Å². The monoisotopic (exact) mass is 437 g/mol.